The first kappa shape index (κ1) is 16.1. The maximum Gasteiger partial charge on any atom is 0.175 e. The van der Waals surface area contributed by atoms with E-state index in [2.05, 4.69) is 10.6 Å². The largest absolute Gasteiger partial charge is 0.495 e. The van der Waals surface area contributed by atoms with Crippen LogP contribution in [-0.2, 0) is 0 Å². The fourth-order valence-corrected chi connectivity index (χ4v) is 2.30. The van der Waals surface area contributed by atoms with Crippen molar-refractivity contribution in [3.05, 3.63) is 47.5 Å². The summed E-state index contributed by atoms with van der Waals surface area (Å²) in [6.45, 7) is 4.03. The van der Waals surface area contributed by atoms with Crippen molar-refractivity contribution in [2.45, 2.75) is 13.8 Å². The van der Waals surface area contributed by atoms with Gasteiger partial charge in [0.15, 0.2) is 5.11 Å². The highest BCUT2D eigenvalue weighted by Gasteiger charge is 2.08. The normalized spacial score (nSPS) is 10.0. The van der Waals surface area contributed by atoms with Crippen LogP contribution >= 0.6 is 12.2 Å². The standard InChI is InChI=1S/C17H20N2O2S/c1-11-5-7-13(15(9-11)20-3)18-17(22)19-14-8-6-12(2)10-16(14)21-4/h5-10H,1-4H3,(H2,18,19,22). The molecule has 0 aliphatic carbocycles. The van der Waals surface area contributed by atoms with E-state index in [-0.39, 0.29) is 0 Å². The Labute approximate surface area is 136 Å². The average molecular weight is 316 g/mol. The molecule has 0 amide bonds. The van der Waals surface area contributed by atoms with Crippen molar-refractivity contribution in [3.63, 3.8) is 0 Å². The average Bonchev–Trinajstić information content (AvgIpc) is 2.50. The molecule has 0 radical (unpaired) electrons. The maximum atomic E-state index is 5.37. The van der Waals surface area contributed by atoms with Gasteiger partial charge in [0, 0.05) is 0 Å². The first-order chi connectivity index (χ1) is 10.5. The second-order valence-corrected chi connectivity index (χ2v) is 5.39. The van der Waals surface area contributed by atoms with Crippen molar-refractivity contribution in [1.82, 2.24) is 0 Å². The molecule has 116 valence electrons. The van der Waals surface area contributed by atoms with Gasteiger partial charge in [0.25, 0.3) is 0 Å². The van der Waals surface area contributed by atoms with Crippen molar-refractivity contribution in [2.75, 3.05) is 24.9 Å². The van der Waals surface area contributed by atoms with E-state index in [1.54, 1.807) is 14.2 Å². The summed E-state index contributed by atoms with van der Waals surface area (Å²) in [5, 5.41) is 6.76. The lowest BCUT2D eigenvalue weighted by Gasteiger charge is -2.16. The Hall–Kier alpha value is -2.27. The zero-order chi connectivity index (χ0) is 16.1. The Morgan fingerprint density at radius 2 is 1.23 bits per heavy atom. The lowest BCUT2D eigenvalue weighted by Crippen LogP contribution is -2.20. The van der Waals surface area contributed by atoms with Gasteiger partial charge < -0.3 is 20.1 Å². The number of nitrogens with one attached hydrogen (secondary N) is 2. The van der Waals surface area contributed by atoms with Gasteiger partial charge in [-0.05, 0) is 61.5 Å². The van der Waals surface area contributed by atoms with E-state index < -0.39 is 0 Å². The first-order valence-corrected chi connectivity index (χ1v) is 7.31. The van der Waals surface area contributed by atoms with Crippen molar-refractivity contribution in [1.29, 1.82) is 0 Å². The zero-order valence-electron chi connectivity index (χ0n) is 13.2. The highest BCUT2D eigenvalue weighted by atomic mass is 32.1. The summed E-state index contributed by atoms with van der Waals surface area (Å²) in [5.74, 6) is 1.50. The van der Waals surface area contributed by atoms with Gasteiger partial charge in [-0.15, -0.1) is 0 Å². The molecule has 0 heterocycles. The monoisotopic (exact) mass is 316 g/mol. The number of aryl methyl sites for hydroxylation is 2. The molecule has 0 unspecified atom stereocenters. The molecule has 4 nitrogen and oxygen atoms in total. The molecule has 2 aromatic carbocycles. The third kappa shape index (κ3) is 3.89. The van der Waals surface area contributed by atoms with Gasteiger partial charge in [-0.2, -0.15) is 0 Å². The molecule has 0 aromatic heterocycles. The molecule has 0 aliphatic heterocycles. The number of hydrogen-bond acceptors (Lipinski definition) is 3. The van der Waals surface area contributed by atoms with Crippen LogP contribution in [-0.4, -0.2) is 19.3 Å². The molecular weight excluding hydrogens is 296 g/mol. The molecule has 2 aromatic rings. The summed E-state index contributed by atoms with van der Waals surface area (Å²) in [6, 6.07) is 11.8. The van der Waals surface area contributed by atoms with Crippen LogP contribution in [0.25, 0.3) is 0 Å². The summed E-state index contributed by atoms with van der Waals surface area (Å²) >= 11 is 5.37. The summed E-state index contributed by atoms with van der Waals surface area (Å²) in [6.07, 6.45) is 0. The van der Waals surface area contributed by atoms with Crippen molar-refractivity contribution < 1.29 is 9.47 Å². The minimum Gasteiger partial charge on any atom is -0.495 e. The van der Waals surface area contributed by atoms with E-state index in [0.29, 0.717) is 5.11 Å². The van der Waals surface area contributed by atoms with Crippen LogP contribution in [0, 0.1) is 13.8 Å². The Bertz CT molecular complexity index is 629. The molecule has 0 spiro atoms. The second-order valence-electron chi connectivity index (χ2n) is 4.99. The Morgan fingerprint density at radius 3 is 1.59 bits per heavy atom. The van der Waals surface area contributed by atoms with Gasteiger partial charge >= 0.3 is 0 Å². The molecule has 0 saturated heterocycles. The summed E-state index contributed by atoms with van der Waals surface area (Å²) < 4.78 is 10.7. The molecule has 0 aliphatic rings. The summed E-state index contributed by atoms with van der Waals surface area (Å²) in [5.41, 5.74) is 3.89. The van der Waals surface area contributed by atoms with E-state index in [1.165, 1.54) is 0 Å². The number of ether oxygens (including phenoxy) is 2. The molecular formula is C17H20N2O2S. The minimum absolute atomic E-state index is 0.476. The summed E-state index contributed by atoms with van der Waals surface area (Å²) in [4.78, 5) is 0. The van der Waals surface area contributed by atoms with E-state index in [4.69, 9.17) is 21.7 Å². The predicted molar refractivity (Wildman–Crippen MR) is 95.3 cm³/mol. The number of methoxy groups -OCH3 is 2. The van der Waals surface area contributed by atoms with Crippen LogP contribution in [0.4, 0.5) is 11.4 Å². The molecule has 0 bridgehead atoms. The molecule has 0 saturated carbocycles. The Balaban J connectivity index is 2.14. The second kappa shape index (κ2) is 7.13. The van der Waals surface area contributed by atoms with Gasteiger partial charge in [-0.25, -0.2) is 0 Å². The third-order valence-corrected chi connectivity index (χ3v) is 3.41. The fourth-order valence-electron chi connectivity index (χ4n) is 2.08. The number of hydrogen-bond donors (Lipinski definition) is 2. The predicted octanol–water partition coefficient (Wildman–Crippen LogP) is 4.13. The van der Waals surface area contributed by atoms with E-state index >= 15 is 0 Å². The van der Waals surface area contributed by atoms with Gasteiger partial charge in [-0.1, -0.05) is 12.1 Å². The van der Waals surface area contributed by atoms with Crippen LogP contribution < -0.4 is 20.1 Å². The van der Waals surface area contributed by atoms with Crippen LogP contribution in [0.1, 0.15) is 11.1 Å². The molecule has 2 rings (SSSR count). The SMILES string of the molecule is COc1cc(C)ccc1NC(=S)Nc1ccc(C)cc1OC. The minimum atomic E-state index is 0.476. The van der Waals surface area contributed by atoms with Gasteiger partial charge in [0.05, 0.1) is 25.6 Å². The zero-order valence-corrected chi connectivity index (χ0v) is 14.0. The molecule has 2 N–H and O–H groups in total. The Morgan fingerprint density at radius 1 is 0.818 bits per heavy atom. The molecule has 0 atom stereocenters. The molecule has 0 fully saturated rings. The molecule has 22 heavy (non-hydrogen) atoms. The number of rotatable bonds is 4. The number of anilines is 2. The smallest absolute Gasteiger partial charge is 0.175 e. The van der Waals surface area contributed by atoms with Gasteiger partial charge in [0.2, 0.25) is 0 Å². The Kier molecular flexibility index (Phi) is 5.22. The number of benzene rings is 2. The lowest BCUT2D eigenvalue weighted by atomic mass is 10.2. The van der Waals surface area contributed by atoms with Crippen LogP contribution in [0.3, 0.4) is 0 Å². The third-order valence-electron chi connectivity index (χ3n) is 3.21. The maximum absolute atomic E-state index is 5.37. The van der Waals surface area contributed by atoms with Crippen LogP contribution in [0.5, 0.6) is 11.5 Å². The highest BCUT2D eigenvalue weighted by molar-refractivity contribution is 7.80. The topological polar surface area (TPSA) is 42.5 Å². The quantitative estimate of drug-likeness (QED) is 0.830. The van der Waals surface area contributed by atoms with E-state index in [0.717, 1.165) is 34.0 Å². The van der Waals surface area contributed by atoms with E-state index in [9.17, 15) is 0 Å². The van der Waals surface area contributed by atoms with Crippen molar-refractivity contribution in [2.24, 2.45) is 0 Å². The first-order valence-electron chi connectivity index (χ1n) is 6.90. The van der Waals surface area contributed by atoms with Crippen LogP contribution in [0.2, 0.25) is 0 Å². The van der Waals surface area contributed by atoms with Gasteiger partial charge in [-0.3, -0.25) is 0 Å². The summed E-state index contributed by atoms with van der Waals surface area (Å²) in [7, 11) is 3.28. The van der Waals surface area contributed by atoms with E-state index in [1.807, 2.05) is 50.2 Å². The molecule has 5 heteroatoms. The van der Waals surface area contributed by atoms with Gasteiger partial charge in [0.1, 0.15) is 11.5 Å². The fraction of sp³-hybridized carbons (Fsp3) is 0.235. The van der Waals surface area contributed by atoms with Crippen molar-refractivity contribution in [3.8, 4) is 11.5 Å². The lowest BCUT2D eigenvalue weighted by molar-refractivity contribution is 0.416. The number of thiocarbonyl (C=S) groups is 1. The highest BCUT2D eigenvalue weighted by Crippen LogP contribution is 2.27. The van der Waals surface area contributed by atoms with Crippen LogP contribution in [0.15, 0.2) is 36.4 Å². The van der Waals surface area contributed by atoms with Crippen molar-refractivity contribution >= 4 is 28.7 Å².